The molecule has 10 nitrogen and oxygen atoms in total. The van der Waals surface area contributed by atoms with Gasteiger partial charge in [0.2, 0.25) is 11.9 Å². The monoisotopic (exact) mass is 473 g/mol. The Balaban J connectivity index is 1.63. The highest BCUT2D eigenvalue weighted by Crippen LogP contribution is 2.30. The van der Waals surface area contributed by atoms with Crippen LogP contribution in [0, 0.1) is 0 Å². The minimum atomic E-state index is -2.99. The van der Waals surface area contributed by atoms with E-state index in [9.17, 15) is 13.6 Å². The molecule has 0 aliphatic rings. The lowest BCUT2D eigenvalue weighted by molar-refractivity contribution is -0.139. The second-order valence-electron chi connectivity index (χ2n) is 6.49. The van der Waals surface area contributed by atoms with Gasteiger partial charge < -0.3 is 30.0 Å². The Bertz CT molecular complexity index is 1180. The fourth-order valence-corrected chi connectivity index (χ4v) is 2.76. The van der Waals surface area contributed by atoms with Crippen LogP contribution in [-0.2, 0) is 16.1 Å². The zero-order valence-electron chi connectivity index (χ0n) is 18.2. The van der Waals surface area contributed by atoms with Crippen molar-refractivity contribution in [3.63, 3.8) is 0 Å². The van der Waals surface area contributed by atoms with Crippen molar-refractivity contribution in [2.24, 2.45) is 0 Å². The number of nitrogens with zero attached hydrogens (tertiary/aromatic N) is 3. The molecule has 1 aromatic heterocycles. The SMILES string of the molecule is COc1ccccc1Nc1nc(N)nc(COC(=O)/C=C/c2ccc(OC(F)F)c(OC)c2)n1. The Morgan fingerprint density at radius 2 is 1.82 bits per heavy atom. The van der Waals surface area contributed by atoms with Gasteiger partial charge in [-0.2, -0.15) is 23.7 Å². The van der Waals surface area contributed by atoms with Gasteiger partial charge in [-0.1, -0.05) is 18.2 Å². The molecule has 0 spiro atoms. The molecule has 0 saturated carbocycles. The van der Waals surface area contributed by atoms with Gasteiger partial charge in [-0.15, -0.1) is 0 Å². The molecule has 0 fully saturated rings. The van der Waals surface area contributed by atoms with Gasteiger partial charge in [0, 0.05) is 6.08 Å². The quantitative estimate of drug-likeness (QED) is 0.333. The van der Waals surface area contributed by atoms with E-state index < -0.39 is 12.6 Å². The highest BCUT2D eigenvalue weighted by molar-refractivity contribution is 5.87. The zero-order chi connectivity index (χ0) is 24.5. The lowest BCUT2D eigenvalue weighted by atomic mass is 10.2. The Labute approximate surface area is 193 Å². The Morgan fingerprint density at radius 3 is 2.56 bits per heavy atom. The Kier molecular flexibility index (Phi) is 8.11. The summed E-state index contributed by atoms with van der Waals surface area (Å²) >= 11 is 0. The van der Waals surface area contributed by atoms with Gasteiger partial charge in [-0.3, -0.25) is 0 Å². The van der Waals surface area contributed by atoms with Crippen molar-refractivity contribution in [2.75, 3.05) is 25.3 Å². The Morgan fingerprint density at radius 1 is 1.06 bits per heavy atom. The third-order valence-electron chi connectivity index (χ3n) is 4.21. The van der Waals surface area contributed by atoms with Gasteiger partial charge in [0.25, 0.3) is 0 Å². The number of hydrogen-bond donors (Lipinski definition) is 2. The lowest BCUT2D eigenvalue weighted by Crippen LogP contribution is -2.10. The predicted molar refractivity (Wildman–Crippen MR) is 119 cm³/mol. The minimum absolute atomic E-state index is 0.0628. The molecule has 1 heterocycles. The highest BCUT2D eigenvalue weighted by atomic mass is 19.3. The van der Waals surface area contributed by atoms with Gasteiger partial charge in [-0.05, 0) is 35.9 Å². The van der Waals surface area contributed by atoms with E-state index in [0.717, 1.165) is 6.08 Å². The molecule has 0 aliphatic carbocycles. The number of alkyl halides is 2. The predicted octanol–water partition coefficient (Wildman–Crippen LogP) is 3.57. The van der Waals surface area contributed by atoms with Gasteiger partial charge in [0.05, 0.1) is 19.9 Å². The van der Waals surface area contributed by atoms with E-state index in [0.29, 0.717) is 17.0 Å². The number of rotatable bonds is 10. The number of halogens is 2. The summed E-state index contributed by atoms with van der Waals surface area (Å²) in [5, 5.41) is 2.98. The number of benzene rings is 2. The van der Waals surface area contributed by atoms with Crippen LogP contribution in [0.25, 0.3) is 6.08 Å². The molecule has 3 N–H and O–H groups in total. The van der Waals surface area contributed by atoms with Crippen molar-refractivity contribution in [3.05, 3.63) is 59.9 Å². The van der Waals surface area contributed by atoms with E-state index in [1.807, 2.05) is 6.07 Å². The zero-order valence-corrected chi connectivity index (χ0v) is 18.2. The molecule has 0 amide bonds. The molecule has 34 heavy (non-hydrogen) atoms. The van der Waals surface area contributed by atoms with Crippen LogP contribution in [0.2, 0.25) is 0 Å². The molecule has 178 valence electrons. The molecule has 0 atom stereocenters. The van der Waals surface area contributed by atoms with Gasteiger partial charge in [-0.25, -0.2) is 4.79 Å². The third kappa shape index (κ3) is 6.76. The molecular weight excluding hydrogens is 452 g/mol. The van der Waals surface area contributed by atoms with Crippen molar-refractivity contribution in [1.82, 2.24) is 15.0 Å². The summed E-state index contributed by atoms with van der Waals surface area (Å²) in [5.74, 6) is 0.0645. The smallest absolute Gasteiger partial charge is 0.387 e. The van der Waals surface area contributed by atoms with Gasteiger partial charge in [0.1, 0.15) is 5.75 Å². The molecule has 0 unspecified atom stereocenters. The van der Waals surface area contributed by atoms with E-state index in [4.69, 9.17) is 19.9 Å². The summed E-state index contributed by atoms with van der Waals surface area (Å²) in [5.41, 5.74) is 6.85. The van der Waals surface area contributed by atoms with Crippen LogP contribution in [0.1, 0.15) is 11.4 Å². The highest BCUT2D eigenvalue weighted by Gasteiger charge is 2.11. The summed E-state index contributed by atoms with van der Waals surface area (Å²) in [6, 6.07) is 11.4. The molecule has 0 bridgehead atoms. The number of hydrogen-bond acceptors (Lipinski definition) is 10. The molecule has 0 aliphatic heterocycles. The van der Waals surface area contributed by atoms with E-state index >= 15 is 0 Å². The first kappa shape index (κ1) is 24.2. The number of esters is 1. The topological polar surface area (TPSA) is 131 Å². The van der Waals surface area contributed by atoms with Gasteiger partial charge in [0.15, 0.2) is 23.9 Å². The summed E-state index contributed by atoms with van der Waals surface area (Å²) in [6.07, 6.45) is 2.58. The molecule has 12 heteroatoms. The number of ether oxygens (including phenoxy) is 4. The normalized spacial score (nSPS) is 10.9. The van der Waals surface area contributed by atoms with E-state index in [2.05, 4.69) is 25.0 Å². The number of nitrogen functional groups attached to an aromatic ring is 1. The number of methoxy groups -OCH3 is 2. The van der Waals surface area contributed by atoms with Crippen LogP contribution in [-0.4, -0.2) is 41.8 Å². The summed E-state index contributed by atoms with van der Waals surface area (Å²) < 4.78 is 44.6. The van der Waals surface area contributed by atoms with Crippen LogP contribution in [0.5, 0.6) is 17.2 Å². The fraction of sp³-hybridized carbons (Fsp3) is 0.182. The second kappa shape index (κ2) is 11.4. The maximum absolute atomic E-state index is 12.4. The van der Waals surface area contributed by atoms with E-state index in [-0.39, 0.29) is 35.8 Å². The van der Waals surface area contributed by atoms with Crippen molar-refractivity contribution >= 4 is 29.6 Å². The van der Waals surface area contributed by atoms with Crippen LogP contribution >= 0.6 is 0 Å². The lowest BCUT2D eigenvalue weighted by Gasteiger charge is -2.10. The number of nitrogens with one attached hydrogen (secondary N) is 1. The summed E-state index contributed by atoms with van der Waals surface area (Å²) in [6.45, 7) is -3.25. The molecular formula is C22H21F2N5O5. The number of anilines is 3. The number of para-hydroxylation sites is 2. The minimum Gasteiger partial charge on any atom is -0.495 e. The number of nitrogens with two attached hydrogens (primary N) is 1. The number of carbonyl (C=O) groups is 1. The van der Waals surface area contributed by atoms with E-state index in [1.165, 1.54) is 38.5 Å². The number of carbonyl (C=O) groups excluding carboxylic acids is 1. The molecule has 0 radical (unpaired) electrons. The van der Waals surface area contributed by atoms with Crippen LogP contribution in [0.15, 0.2) is 48.5 Å². The largest absolute Gasteiger partial charge is 0.495 e. The van der Waals surface area contributed by atoms with Crippen LogP contribution in [0.3, 0.4) is 0 Å². The van der Waals surface area contributed by atoms with Gasteiger partial charge >= 0.3 is 12.6 Å². The third-order valence-corrected chi connectivity index (χ3v) is 4.21. The van der Waals surface area contributed by atoms with Crippen LogP contribution < -0.4 is 25.3 Å². The van der Waals surface area contributed by atoms with Crippen molar-refractivity contribution in [2.45, 2.75) is 13.2 Å². The average Bonchev–Trinajstić information content (AvgIpc) is 2.81. The number of aromatic nitrogens is 3. The standard InChI is InChI=1S/C22H21F2N5O5/c1-31-15-6-4-3-5-14(15)26-22-28-18(27-21(25)29-22)12-33-19(30)10-8-13-7-9-16(34-20(23)24)17(11-13)32-2/h3-11,20H,12H2,1-2H3,(H3,25,26,27,28,29)/b10-8+. The van der Waals surface area contributed by atoms with Crippen molar-refractivity contribution in [3.8, 4) is 17.2 Å². The first-order chi connectivity index (χ1) is 16.4. The molecule has 3 aromatic rings. The van der Waals surface area contributed by atoms with Crippen LogP contribution in [0.4, 0.5) is 26.4 Å². The van der Waals surface area contributed by atoms with Crippen molar-refractivity contribution < 1.29 is 32.5 Å². The Hall–Kier alpha value is -4.48. The molecule has 2 aromatic carbocycles. The maximum atomic E-state index is 12.4. The van der Waals surface area contributed by atoms with E-state index in [1.54, 1.807) is 18.2 Å². The first-order valence-electron chi connectivity index (χ1n) is 9.76. The first-order valence-corrected chi connectivity index (χ1v) is 9.76. The second-order valence-corrected chi connectivity index (χ2v) is 6.49. The maximum Gasteiger partial charge on any atom is 0.387 e. The summed E-state index contributed by atoms with van der Waals surface area (Å²) in [4.78, 5) is 24.3. The molecule has 3 rings (SSSR count). The van der Waals surface area contributed by atoms with Crippen molar-refractivity contribution in [1.29, 1.82) is 0 Å². The molecule has 0 saturated heterocycles. The fourth-order valence-electron chi connectivity index (χ4n) is 2.76. The summed E-state index contributed by atoms with van der Waals surface area (Å²) in [7, 11) is 2.84. The average molecular weight is 473 g/mol.